The molecule has 0 radical (unpaired) electrons. The van der Waals surface area contributed by atoms with Crippen molar-refractivity contribution >= 4 is 34.6 Å². The van der Waals surface area contributed by atoms with Gasteiger partial charge < -0.3 is 49.1 Å². The zero-order chi connectivity index (χ0) is 38.5. The number of anilines is 1. The van der Waals surface area contributed by atoms with E-state index in [2.05, 4.69) is 10.6 Å². The number of aromatic nitrogens is 2. The number of para-hydroxylation sites is 1. The molecule has 2 amide bonds. The zero-order valence-corrected chi connectivity index (χ0v) is 30.4. The van der Waals surface area contributed by atoms with E-state index in [1.165, 1.54) is 7.11 Å². The molecule has 4 N–H and O–H groups in total. The maximum Gasteiger partial charge on any atom is 0.355 e. The number of urea groups is 1. The number of carbonyl (C=O) groups is 3. The molecule has 5 heterocycles. The van der Waals surface area contributed by atoms with Crippen molar-refractivity contribution < 1.29 is 48.3 Å². The van der Waals surface area contributed by atoms with Crippen molar-refractivity contribution in [2.45, 2.75) is 89.6 Å². The van der Waals surface area contributed by atoms with E-state index in [4.69, 9.17) is 28.7 Å². The lowest BCUT2D eigenvalue weighted by atomic mass is 9.85. The number of methoxy groups -OCH3 is 1. The Hall–Kier alpha value is -5.35. The first-order valence-electron chi connectivity index (χ1n) is 17.8. The topological polar surface area (TPSA) is 197 Å². The fraction of sp³-hybridized carbons (Fsp3) is 0.410. The van der Waals surface area contributed by atoms with Gasteiger partial charge in [-0.1, -0.05) is 39.0 Å². The van der Waals surface area contributed by atoms with Crippen molar-refractivity contribution in [1.82, 2.24) is 14.9 Å². The minimum Gasteiger partial charge on any atom is -0.462 e. The number of esters is 2. The largest absolute Gasteiger partial charge is 0.462 e. The van der Waals surface area contributed by atoms with Crippen LogP contribution in [0, 0.1) is 5.92 Å². The van der Waals surface area contributed by atoms with Gasteiger partial charge in [0.1, 0.15) is 36.7 Å². The molecule has 4 aromatic rings. The number of pyridine rings is 2. The maximum atomic E-state index is 13.9. The SMILES string of the molecule is CC[C@@]1(OC(=O)[C@@H](NC(=O)Nc2ccc(O[C@H]3O[C@@H](C)C(O)[C@@H](OC)[C@H]3O)cc2)C(C)C)C(=O)OCc2c1cc1n(c2=O)Cc2cc3ccccc3nc2-1. The van der Waals surface area contributed by atoms with Crippen LogP contribution in [0.2, 0.25) is 0 Å². The first-order chi connectivity index (χ1) is 25.8. The van der Waals surface area contributed by atoms with Crippen molar-refractivity contribution in [1.29, 1.82) is 0 Å². The smallest absolute Gasteiger partial charge is 0.355 e. The van der Waals surface area contributed by atoms with Crippen LogP contribution in [0.25, 0.3) is 22.3 Å². The number of benzene rings is 2. The van der Waals surface area contributed by atoms with Gasteiger partial charge in [0.25, 0.3) is 5.56 Å². The normalized spacial score (nSPS) is 24.9. The maximum absolute atomic E-state index is 13.9. The van der Waals surface area contributed by atoms with Crippen LogP contribution < -0.4 is 20.9 Å². The van der Waals surface area contributed by atoms with Crippen molar-refractivity contribution in [3.8, 4) is 17.1 Å². The van der Waals surface area contributed by atoms with E-state index in [0.29, 0.717) is 29.4 Å². The van der Waals surface area contributed by atoms with Crippen LogP contribution in [0.5, 0.6) is 5.75 Å². The van der Waals surface area contributed by atoms with Crippen LogP contribution in [-0.4, -0.2) is 81.6 Å². The number of aliphatic hydroxyl groups excluding tert-OH is 2. The predicted molar refractivity (Wildman–Crippen MR) is 193 cm³/mol. The second kappa shape index (κ2) is 14.5. The Labute approximate surface area is 310 Å². The van der Waals surface area contributed by atoms with Gasteiger partial charge in [0.05, 0.1) is 35.1 Å². The van der Waals surface area contributed by atoms with Crippen LogP contribution in [0.4, 0.5) is 10.5 Å². The van der Waals surface area contributed by atoms with Crippen molar-refractivity contribution in [2.75, 3.05) is 12.4 Å². The zero-order valence-electron chi connectivity index (χ0n) is 30.4. The molecule has 0 spiro atoms. The van der Waals surface area contributed by atoms with Crippen LogP contribution >= 0.6 is 0 Å². The van der Waals surface area contributed by atoms with E-state index >= 15 is 0 Å². The summed E-state index contributed by atoms with van der Waals surface area (Å²) in [5, 5.41) is 27.0. The monoisotopic (exact) mass is 742 g/mol. The minimum absolute atomic E-state index is 0.0363. The van der Waals surface area contributed by atoms with Crippen molar-refractivity contribution in [3.05, 3.63) is 87.7 Å². The Morgan fingerprint density at radius 2 is 1.81 bits per heavy atom. The second-order valence-electron chi connectivity index (χ2n) is 14.0. The third kappa shape index (κ3) is 6.46. The standard InChI is InChI=1S/C39H42N4O11/c1-6-39(26-16-28-30-22(15-21-9-7-8-10-27(21)41-30)17-43(28)34(46)25(26)18-51-37(39)48)54-35(47)29(19(2)3)42-38(49)40-23-11-13-24(14-12-23)53-36-32(45)33(50-5)31(44)20(4)52-36/h7-16,19-20,29,31-33,36,44-45H,6,17-18H2,1-5H3,(H2,40,42,49)/t20-,29-,31?,32+,33+,36+,39-/m0/s1. The molecule has 1 unspecified atom stereocenters. The summed E-state index contributed by atoms with van der Waals surface area (Å²) in [6, 6.07) is 15.6. The van der Waals surface area contributed by atoms with Crippen LogP contribution in [0.3, 0.4) is 0 Å². The summed E-state index contributed by atoms with van der Waals surface area (Å²) in [4.78, 5) is 59.5. The summed E-state index contributed by atoms with van der Waals surface area (Å²) in [7, 11) is 1.37. The Morgan fingerprint density at radius 3 is 2.52 bits per heavy atom. The van der Waals surface area contributed by atoms with E-state index in [1.807, 2.05) is 30.3 Å². The van der Waals surface area contributed by atoms with Gasteiger partial charge in [-0.3, -0.25) is 4.79 Å². The lowest BCUT2D eigenvalue weighted by Gasteiger charge is -2.40. The van der Waals surface area contributed by atoms with Gasteiger partial charge in [-0.05, 0) is 61.7 Å². The number of hydrogen-bond acceptors (Lipinski definition) is 12. The second-order valence-corrected chi connectivity index (χ2v) is 14.0. The Kier molecular flexibility index (Phi) is 9.91. The van der Waals surface area contributed by atoms with Gasteiger partial charge in [0, 0.05) is 29.3 Å². The molecular weight excluding hydrogens is 700 g/mol. The van der Waals surface area contributed by atoms with E-state index in [1.54, 1.807) is 62.6 Å². The number of amides is 2. The molecule has 1 saturated heterocycles. The molecule has 1 fully saturated rings. The number of hydrogen-bond donors (Lipinski definition) is 4. The molecule has 3 aliphatic rings. The molecule has 7 atom stereocenters. The molecule has 54 heavy (non-hydrogen) atoms. The fourth-order valence-electron chi connectivity index (χ4n) is 7.25. The van der Waals surface area contributed by atoms with Gasteiger partial charge in [-0.15, -0.1) is 0 Å². The average Bonchev–Trinajstić information content (AvgIpc) is 3.51. The highest BCUT2D eigenvalue weighted by atomic mass is 16.7. The van der Waals surface area contributed by atoms with E-state index in [9.17, 15) is 29.4 Å². The van der Waals surface area contributed by atoms with Gasteiger partial charge in [0.15, 0.2) is 0 Å². The highest BCUT2D eigenvalue weighted by molar-refractivity contribution is 5.94. The fourth-order valence-corrected chi connectivity index (χ4v) is 7.25. The molecule has 0 aliphatic carbocycles. The van der Waals surface area contributed by atoms with E-state index in [-0.39, 0.29) is 29.7 Å². The van der Waals surface area contributed by atoms with Crippen LogP contribution in [0.1, 0.15) is 50.8 Å². The summed E-state index contributed by atoms with van der Waals surface area (Å²) in [5.74, 6) is -1.86. The number of fused-ring (bicyclic) bond motifs is 5. The number of aliphatic hydroxyl groups is 2. The summed E-state index contributed by atoms with van der Waals surface area (Å²) in [6.07, 6.45) is -5.01. The molecule has 15 heteroatoms. The summed E-state index contributed by atoms with van der Waals surface area (Å²) in [6.45, 7) is 6.74. The molecule has 3 aliphatic heterocycles. The number of carbonyl (C=O) groups excluding carboxylic acids is 3. The molecule has 0 saturated carbocycles. The lowest BCUT2D eigenvalue weighted by Crippen LogP contribution is -2.59. The lowest BCUT2D eigenvalue weighted by molar-refractivity contribution is -0.272. The number of cyclic esters (lactones) is 1. The molecule has 2 aromatic heterocycles. The van der Waals surface area contributed by atoms with Gasteiger partial charge in [-0.2, -0.15) is 0 Å². The van der Waals surface area contributed by atoms with Crippen molar-refractivity contribution in [3.63, 3.8) is 0 Å². The third-order valence-electron chi connectivity index (χ3n) is 10.3. The van der Waals surface area contributed by atoms with E-state index < -0.39 is 66.2 Å². The highest BCUT2D eigenvalue weighted by Gasteiger charge is 2.51. The highest BCUT2D eigenvalue weighted by Crippen LogP contribution is 2.41. The molecule has 2 aromatic carbocycles. The number of ether oxygens (including phenoxy) is 5. The summed E-state index contributed by atoms with van der Waals surface area (Å²) in [5.41, 5.74) is 1.20. The quantitative estimate of drug-likeness (QED) is 0.161. The minimum atomic E-state index is -1.95. The van der Waals surface area contributed by atoms with Crippen LogP contribution in [-0.2, 0) is 47.3 Å². The average molecular weight is 743 g/mol. The van der Waals surface area contributed by atoms with Gasteiger partial charge in [-0.25, -0.2) is 19.4 Å². The van der Waals surface area contributed by atoms with Crippen LogP contribution in [0.15, 0.2) is 65.5 Å². The third-order valence-corrected chi connectivity index (χ3v) is 10.3. The summed E-state index contributed by atoms with van der Waals surface area (Å²) < 4.78 is 29.7. The number of nitrogens with zero attached hydrogens (tertiary/aromatic N) is 2. The molecule has 284 valence electrons. The van der Waals surface area contributed by atoms with Gasteiger partial charge >= 0.3 is 18.0 Å². The molecular formula is C39H42N4O11. The number of rotatable bonds is 9. The Morgan fingerprint density at radius 1 is 1.07 bits per heavy atom. The Bertz CT molecular complexity index is 2170. The molecule has 15 nitrogen and oxygen atoms in total. The first-order valence-corrected chi connectivity index (χ1v) is 17.8. The van der Waals surface area contributed by atoms with E-state index in [0.717, 1.165) is 16.5 Å². The first kappa shape index (κ1) is 37.0. The molecule has 0 bridgehead atoms. The Balaban J connectivity index is 1.08. The molecule has 7 rings (SSSR count). The predicted octanol–water partition coefficient (Wildman–Crippen LogP) is 3.34. The van der Waals surface area contributed by atoms with Crippen molar-refractivity contribution in [2.24, 2.45) is 5.92 Å². The van der Waals surface area contributed by atoms with Gasteiger partial charge in [0.2, 0.25) is 11.9 Å². The summed E-state index contributed by atoms with van der Waals surface area (Å²) >= 11 is 0. The number of nitrogens with one attached hydrogen (secondary N) is 2.